The molecule has 4 rings (SSSR count). The molecule has 1 saturated heterocycles. The molecule has 1 aliphatic heterocycles. The van der Waals surface area contributed by atoms with Crippen LogP contribution in [-0.2, 0) is 6.54 Å². The molecule has 6 heteroatoms. The number of guanidine groups is 1. The van der Waals surface area contributed by atoms with E-state index in [-0.39, 0.29) is 24.0 Å². The molecule has 5 nitrogen and oxygen atoms in total. The molecule has 0 atom stereocenters. The minimum Gasteiger partial charge on any atom is -0.357 e. The van der Waals surface area contributed by atoms with Crippen LogP contribution in [0.1, 0.15) is 38.4 Å². The van der Waals surface area contributed by atoms with E-state index < -0.39 is 0 Å². The summed E-state index contributed by atoms with van der Waals surface area (Å²) in [5.41, 5.74) is 2.88. The normalized spacial score (nSPS) is 18.8. The smallest absolute Gasteiger partial charge is 0.193 e. The lowest BCUT2D eigenvalue weighted by atomic mass is 9.68. The van der Waals surface area contributed by atoms with Crippen LogP contribution in [0.15, 0.2) is 29.3 Å². The van der Waals surface area contributed by atoms with E-state index in [1.807, 2.05) is 6.07 Å². The minimum absolute atomic E-state index is 0. The first-order chi connectivity index (χ1) is 12.2. The number of fused-ring (bicyclic) bond motifs is 1. The number of aromatic nitrogens is 2. The molecule has 2 aliphatic rings. The van der Waals surface area contributed by atoms with Crippen molar-refractivity contribution in [2.45, 2.75) is 46.1 Å². The molecular formula is C20H30IN5. The highest BCUT2D eigenvalue weighted by atomic mass is 127. The lowest BCUT2D eigenvalue weighted by Gasteiger charge is -2.38. The molecule has 0 unspecified atom stereocenters. The number of aryl methyl sites for hydroxylation is 1. The number of para-hydroxylation sites is 2. The summed E-state index contributed by atoms with van der Waals surface area (Å²) in [6, 6.07) is 8.35. The van der Waals surface area contributed by atoms with E-state index in [0.29, 0.717) is 5.41 Å². The molecule has 1 aliphatic carbocycles. The van der Waals surface area contributed by atoms with E-state index >= 15 is 0 Å². The molecule has 142 valence electrons. The van der Waals surface area contributed by atoms with Gasteiger partial charge in [0.15, 0.2) is 5.96 Å². The lowest BCUT2D eigenvalue weighted by Crippen LogP contribution is -2.42. The number of hydrogen-bond acceptors (Lipinski definition) is 2. The van der Waals surface area contributed by atoms with Crippen molar-refractivity contribution >= 4 is 41.0 Å². The Balaban J connectivity index is 0.00000196. The highest BCUT2D eigenvalue weighted by Gasteiger charge is 2.43. The van der Waals surface area contributed by atoms with Gasteiger partial charge in [0.25, 0.3) is 0 Å². The molecule has 0 bridgehead atoms. The van der Waals surface area contributed by atoms with Crippen molar-refractivity contribution in [3.05, 3.63) is 30.1 Å². The number of likely N-dealkylation sites (tertiary alicyclic amines) is 1. The zero-order valence-electron chi connectivity index (χ0n) is 15.9. The predicted molar refractivity (Wildman–Crippen MR) is 118 cm³/mol. The fourth-order valence-electron chi connectivity index (χ4n) is 4.36. The van der Waals surface area contributed by atoms with Crippen LogP contribution in [0, 0.1) is 12.3 Å². The molecule has 0 radical (unpaired) electrons. The Morgan fingerprint density at radius 1 is 1.27 bits per heavy atom. The monoisotopic (exact) mass is 467 g/mol. The van der Waals surface area contributed by atoms with Gasteiger partial charge in [-0.15, -0.1) is 24.0 Å². The average molecular weight is 467 g/mol. The summed E-state index contributed by atoms with van der Waals surface area (Å²) in [6.07, 6.45) is 5.56. The zero-order chi connectivity index (χ0) is 17.3. The minimum atomic E-state index is 0. The Morgan fingerprint density at radius 3 is 2.77 bits per heavy atom. The molecule has 2 heterocycles. The van der Waals surface area contributed by atoms with Crippen molar-refractivity contribution in [2.24, 2.45) is 10.4 Å². The molecule has 1 aromatic carbocycles. The first kappa shape index (κ1) is 19.5. The van der Waals surface area contributed by atoms with Gasteiger partial charge in [0.05, 0.1) is 17.6 Å². The largest absolute Gasteiger partial charge is 0.357 e. The molecule has 2 aromatic rings. The van der Waals surface area contributed by atoms with Gasteiger partial charge in [-0.25, -0.2) is 4.98 Å². The number of nitrogens with zero attached hydrogens (tertiary/aromatic N) is 4. The van der Waals surface area contributed by atoms with Gasteiger partial charge in [0, 0.05) is 26.2 Å². The third-order valence-electron chi connectivity index (χ3n) is 5.92. The molecular weight excluding hydrogens is 437 g/mol. The van der Waals surface area contributed by atoms with Gasteiger partial charge in [-0.1, -0.05) is 18.6 Å². The van der Waals surface area contributed by atoms with E-state index in [1.54, 1.807) is 0 Å². The molecule has 1 aromatic heterocycles. The summed E-state index contributed by atoms with van der Waals surface area (Å²) in [7, 11) is 0. The Morgan fingerprint density at radius 2 is 2.08 bits per heavy atom. The SMILES string of the molecule is CCNC(=NCCn1c(C)nc2ccccc21)N1CCC2(CCC2)C1.I. The van der Waals surface area contributed by atoms with Crippen molar-refractivity contribution < 1.29 is 0 Å². The number of rotatable bonds is 4. The molecule has 1 spiro atoms. The van der Waals surface area contributed by atoms with Crippen LogP contribution in [0.4, 0.5) is 0 Å². The Bertz CT molecular complexity index is 778. The van der Waals surface area contributed by atoms with Crippen LogP contribution >= 0.6 is 24.0 Å². The van der Waals surface area contributed by atoms with Crippen molar-refractivity contribution in [1.82, 2.24) is 19.8 Å². The van der Waals surface area contributed by atoms with Gasteiger partial charge >= 0.3 is 0 Å². The summed E-state index contributed by atoms with van der Waals surface area (Å²) in [4.78, 5) is 12.0. The van der Waals surface area contributed by atoms with Gasteiger partial charge in [-0.3, -0.25) is 4.99 Å². The van der Waals surface area contributed by atoms with Gasteiger partial charge in [-0.05, 0) is 50.7 Å². The molecule has 2 fully saturated rings. The Hall–Kier alpha value is -1.31. The van der Waals surface area contributed by atoms with Gasteiger partial charge in [-0.2, -0.15) is 0 Å². The van der Waals surface area contributed by atoms with Crippen molar-refractivity contribution in [3.8, 4) is 0 Å². The first-order valence-corrected chi connectivity index (χ1v) is 9.66. The highest BCUT2D eigenvalue weighted by Crippen LogP contribution is 2.47. The third-order valence-corrected chi connectivity index (χ3v) is 5.92. The Kier molecular flexibility index (Phi) is 6.10. The topological polar surface area (TPSA) is 45.5 Å². The number of imidazole rings is 1. The maximum atomic E-state index is 4.93. The van der Waals surface area contributed by atoms with E-state index in [2.05, 4.69) is 51.8 Å². The van der Waals surface area contributed by atoms with E-state index in [4.69, 9.17) is 4.99 Å². The van der Waals surface area contributed by atoms with Crippen LogP contribution in [0.5, 0.6) is 0 Å². The van der Waals surface area contributed by atoms with Gasteiger partial charge in [0.2, 0.25) is 0 Å². The highest BCUT2D eigenvalue weighted by molar-refractivity contribution is 14.0. The van der Waals surface area contributed by atoms with Crippen LogP contribution in [0.25, 0.3) is 11.0 Å². The fraction of sp³-hybridized carbons (Fsp3) is 0.600. The quantitative estimate of drug-likeness (QED) is 0.423. The summed E-state index contributed by atoms with van der Waals surface area (Å²) in [5, 5.41) is 3.49. The van der Waals surface area contributed by atoms with Gasteiger partial charge < -0.3 is 14.8 Å². The van der Waals surface area contributed by atoms with Crippen LogP contribution in [0.2, 0.25) is 0 Å². The summed E-state index contributed by atoms with van der Waals surface area (Å²) in [5.74, 6) is 2.16. The lowest BCUT2D eigenvalue weighted by molar-refractivity contribution is 0.151. The first-order valence-electron chi connectivity index (χ1n) is 9.66. The van der Waals surface area contributed by atoms with Crippen LogP contribution < -0.4 is 5.32 Å². The van der Waals surface area contributed by atoms with Crippen molar-refractivity contribution in [3.63, 3.8) is 0 Å². The van der Waals surface area contributed by atoms with E-state index in [9.17, 15) is 0 Å². The third kappa shape index (κ3) is 3.70. The van der Waals surface area contributed by atoms with Gasteiger partial charge in [0.1, 0.15) is 5.82 Å². The Labute approximate surface area is 173 Å². The summed E-state index contributed by atoms with van der Waals surface area (Å²) < 4.78 is 2.28. The number of benzene rings is 1. The average Bonchev–Trinajstić information content (AvgIpc) is 3.16. The zero-order valence-corrected chi connectivity index (χ0v) is 18.2. The number of halogens is 1. The van der Waals surface area contributed by atoms with Crippen LogP contribution in [-0.4, -0.2) is 46.6 Å². The van der Waals surface area contributed by atoms with E-state index in [0.717, 1.165) is 43.5 Å². The fourth-order valence-corrected chi connectivity index (χ4v) is 4.36. The van der Waals surface area contributed by atoms with Crippen LogP contribution in [0.3, 0.4) is 0 Å². The predicted octanol–water partition coefficient (Wildman–Crippen LogP) is 3.80. The molecule has 26 heavy (non-hydrogen) atoms. The second-order valence-corrected chi connectivity index (χ2v) is 7.56. The second kappa shape index (κ2) is 8.15. The van der Waals surface area contributed by atoms with E-state index in [1.165, 1.54) is 37.7 Å². The summed E-state index contributed by atoms with van der Waals surface area (Å²) >= 11 is 0. The standard InChI is InChI=1S/C20H29N5.HI/c1-3-21-19(24-13-11-20(15-24)9-6-10-20)22-12-14-25-16(2)23-17-7-4-5-8-18(17)25;/h4-5,7-8H,3,6,9-15H2,1-2H3,(H,21,22);1H. The number of nitrogens with one attached hydrogen (secondary N) is 1. The van der Waals surface area contributed by atoms with Crippen molar-refractivity contribution in [2.75, 3.05) is 26.2 Å². The maximum absolute atomic E-state index is 4.93. The molecule has 1 N–H and O–H groups in total. The molecule has 1 saturated carbocycles. The number of aliphatic imine (C=N–C) groups is 1. The summed E-state index contributed by atoms with van der Waals surface area (Å²) in [6.45, 7) is 9.15. The number of hydrogen-bond donors (Lipinski definition) is 1. The van der Waals surface area contributed by atoms with Crippen molar-refractivity contribution in [1.29, 1.82) is 0 Å². The maximum Gasteiger partial charge on any atom is 0.193 e. The molecule has 0 amide bonds. The second-order valence-electron chi connectivity index (χ2n) is 7.56.